The van der Waals surface area contributed by atoms with Crippen molar-refractivity contribution in [2.45, 2.75) is 4.90 Å². The second-order valence-electron chi connectivity index (χ2n) is 5.29. The molecule has 144 valence electrons. The van der Waals surface area contributed by atoms with Crippen molar-refractivity contribution in [3.8, 4) is 0 Å². The van der Waals surface area contributed by atoms with Gasteiger partial charge in [-0.2, -0.15) is 4.72 Å². The third-order valence-corrected chi connectivity index (χ3v) is 5.73. The van der Waals surface area contributed by atoms with E-state index in [4.69, 9.17) is 0 Å². The van der Waals surface area contributed by atoms with Gasteiger partial charge in [-0.05, 0) is 35.9 Å². The van der Waals surface area contributed by atoms with E-state index in [-0.39, 0.29) is 10.6 Å². The third-order valence-electron chi connectivity index (χ3n) is 3.30. The van der Waals surface area contributed by atoms with Gasteiger partial charge in [0.05, 0.1) is 17.4 Å². The molecule has 2 aromatic rings. The molecule has 0 amide bonds. The third kappa shape index (κ3) is 6.51. The van der Waals surface area contributed by atoms with E-state index in [9.17, 15) is 21.6 Å². The number of ether oxygens (including phenoxy) is 1. The fourth-order valence-corrected chi connectivity index (χ4v) is 3.78. The SMILES string of the molecule is COC(=O)CNS(=O)(=O)c1ccc(NS(=O)(=O)/C=C/c2ccccc2)cc1. The van der Waals surface area contributed by atoms with Crippen LogP contribution in [0.3, 0.4) is 0 Å². The Hall–Kier alpha value is -2.69. The Morgan fingerprint density at radius 1 is 1.00 bits per heavy atom. The standard InChI is InChI=1S/C17H18N2O6S2/c1-25-17(20)13-18-27(23,24)16-9-7-15(8-10-16)19-26(21,22)12-11-14-5-3-2-4-6-14/h2-12,18-19H,13H2,1H3/b12-11+. The minimum absolute atomic E-state index is 0.117. The van der Waals surface area contributed by atoms with Crippen molar-refractivity contribution in [1.29, 1.82) is 0 Å². The zero-order valence-corrected chi connectivity index (χ0v) is 16.0. The molecule has 0 aliphatic carbocycles. The molecule has 10 heteroatoms. The highest BCUT2D eigenvalue weighted by atomic mass is 32.2. The monoisotopic (exact) mass is 410 g/mol. The Morgan fingerprint density at radius 2 is 1.63 bits per heavy atom. The Morgan fingerprint density at radius 3 is 2.22 bits per heavy atom. The molecule has 0 spiro atoms. The average molecular weight is 410 g/mol. The van der Waals surface area contributed by atoms with Crippen LogP contribution in [0.2, 0.25) is 0 Å². The topological polar surface area (TPSA) is 119 Å². The summed E-state index contributed by atoms with van der Waals surface area (Å²) in [5.74, 6) is -0.729. The van der Waals surface area contributed by atoms with Crippen LogP contribution in [0, 0.1) is 0 Å². The fourth-order valence-electron chi connectivity index (χ4n) is 1.94. The van der Waals surface area contributed by atoms with E-state index >= 15 is 0 Å². The first-order valence-electron chi connectivity index (χ1n) is 7.64. The highest BCUT2D eigenvalue weighted by Gasteiger charge is 2.16. The summed E-state index contributed by atoms with van der Waals surface area (Å²) in [4.78, 5) is 10.9. The summed E-state index contributed by atoms with van der Waals surface area (Å²) in [5.41, 5.74) is 0.917. The molecule has 0 radical (unpaired) electrons. The number of methoxy groups -OCH3 is 1. The molecule has 0 aromatic heterocycles. The molecule has 0 atom stereocenters. The molecular weight excluding hydrogens is 392 g/mol. The van der Waals surface area contributed by atoms with Gasteiger partial charge in [0.15, 0.2) is 0 Å². The summed E-state index contributed by atoms with van der Waals surface area (Å²) in [5, 5.41) is 1.02. The van der Waals surface area contributed by atoms with Gasteiger partial charge in [-0.15, -0.1) is 0 Å². The molecule has 0 heterocycles. The molecule has 0 unspecified atom stereocenters. The van der Waals surface area contributed by atoms with Crippen molar-refractivity contribution in [2.24, 2.45) is 0 Å². The second kappa shape index (κ2) is 8.80. The Kier molecular flexibility index (Phi) is 6.72. The summed E-state index contributed by atoms with van der Waals surface area (Å²) in [6, 6.07) is 14.0. The maximum absolute atomic E-state index is 12.1. The lowest BCUT2D eigenvalue weighted by Gasteiger charge is -2.08. The van der Waals surface area contributed by atoms with Crippen LogP contribution in [0.5, 0.6) is 0 Å². The molecular formula is C17H18N2O6S2. The van der Waals surface area contributed by atoms with Gasteiger partial charge in [0.1, 0.15) is 6.54 Å². The number of sulfonamides is 2. The zero-order valence-electron chi connectivity index (χ0n) is 14.3. The van der Waals surface area contributed by atoms with Gasteiger partial charge in [0.25, 0.3) is 10.0 Å². The van der Waals surface area contributed by atoms with E-state index in [2.05, 4.69) is 14.2 Å². The largest absolute Gasteiger partial charge is 0.468 e. The number of carbonyl (C=O) groups is 1. The number of esters is 1. The number of rotatable bonds is 8. The predicted molar refractivity (Wildman–Crippen MR) is 102 cm³/mol. The number of carbonyl (C=O) groups excluding carboxylic acids is 1. The summed E-state index contributed by atoms with van der Waals surface area (Å²) in [7, 11) is -6.53. The lowest BCUT2D eigenvalue weighted by atomic mass is 10.2. The van der Waals surface area contributed by atoms with Crippen molar-refractivity contribution in [3.63, 3.8) is 0 Å². The quantitative estimate of drug-likeness (QED) is 0.638. The molecule has 2 rings (SSSR count). The van der Waals surface area contributed by atoms with Gasteiger partial charge in [-0.3, -0.25) is 9.52 Å². The minimum Gasteiger partial charge on any atom is -0.468 e. The smallest absolute Gasteiger partial charge is 0.320 e. The molecule has 0 saturated heterocycles. The summed E-state index contributed by atoms with van der Waals surface area (Å²) in [6.45, 7) is -0.502. The first kappa shape index (κ1) is 20.6. The van der Waals surface area contributed by atoms with E-state index in [1.54, 1.807) is 24.3 Å². The van der Waals surface area contributed by atoms with Gasteiger partial charge in [0, 0.05) is 5.69 Å². The Bertz CT molecular complexity index is 1010. The van der Waals surface area contributed by atoms with Gasteiger partial charge >= 0.3 is 5.97 Å². The first-order chi connectivity index (χ1) is 12.7. The lowest BCUT2D eigenvalue weighted by molar-refractivity contribution is -0.139. The number of nitrogens with one attached hydrogen (secondary N) is 2. The molecule has 0 aliphatic heterocycles. The van der Waals surface area contributed by atoms with Crippen LogP contribution in [0.1, 0.15) is 5.56 Å². The van der Waals surface area contributed by atoms with Crippen LogP contribution in [0.4, 0.5) is 5.69 Å². The van der Waals surface area contributed by atoms with Crippen molar-refractivity contribution >= 4 is 37.8 Å². The van der Waals surface area contributed by atoms with Crippen molar-refractivity contribution < 1.29 is 26.4 Å². The van der Waals surface area contributed by atoms with E-state index in [1.807, 2.05) is 6.07 Å². The number of hydrogen-bond acceptors (Lipinski definition) is 6. The maximum atomic E-state index is 12.1. The van der Waals surface area contributed by atoms with Crippen LogP contribution < -0.4 is 9.44 Å². The molecule has 2 aromatic carbocycles. The lowest BCUT2D eigenvalue weighted by Crippen LogP contribution is -2.30. The summed E-state index contributed by atoms with van der Waals surface area (Å²) < 4.78 is 57.0. The molecule has 0 fully saturated rings. The number of benzene rings is 2. The Labute approximate surface area is 158 Å². The van der Waals surface area contributed by atoms with Crippen LogP contribution in [0.25, 0.3) is 6.08 Å². The first-order valence-corrected chi connectivity index (χ1v) is 10.7. The number of anilines is 1. The normalized spacial score (nSPS) is 12.0. The van der Waals surface area contributed by atoms with Gasteiger partial charge in [-0.1, -0.05) is 30.3 Å². The van der Waals surface area contributed by atoms with Crippen LogP contribution in [0.15, 0.2) is 64.9 Å². The predicted octanol–water partition coefficient (Wildman–Crippen LogP) is 1.55. The molecule has 27 heavy (non-hydrogen) atoms. The van der Waals surface area contributed by atoms with Gasteiger partial charge in [0.2, 0.25) is 10.0 Å². The summed E-state index contributed by atoms with van der Waals surface area (Å²) in [6.07, 6.45) is 1.44. The maximum Gasteiger partial charge on any atom is 0.320 e. The number of hydrogen-bond donors (Lipinski definition) is 2. The minimum atomic E-state index is -3.91. The van der Waals surface area contributed by atoms with Crippen LogP contribution in [-0.2, 0) is 29.6 Å². The van der Waals surface area contributed by atoms with Crippen molar-refractivity contribution in [1.82, 2.24) is 4.72 Å². The molecule has 0 bridgehead atoms. The van der Waals surface area contributed by atoms with Gasteiger partial charge < -0.3 is 4.74 Å². The molecule has 0 saturated carbocycles. The summed E-state index contributed by atoms with van der Waals surface area (Å²) >= 11 is 0. The zero-order chi connectivity index (χ0) is 19.9. The van der Waals surface area contributed by atoms with E-state index in [1.165, 1.54) is 30.3 Å². The molecule has 8 nitrogen and oxygen atoms in total. The molecule has 0 aliphatic rings. The second-order valence-corrected chi connectivity index (χ2v) is 8.62. The van der Waals surface area contributed by atoms with Crippen molar-refractivity contribution in [3.05, 3.63) is 65.6 Å². The highest BCUT2D eigenvalue weighted by molar-refractivity contribution is 7.95. The van der Waals surface area contributed by atoms with Crippen molar-refractivity contribution in [2.75, 3.05) is 18.4 Å². The average Bonchev–Trinajstić information content (AvgIpc) is 2.65. The van der Waals surface area contributed by atoms with Crippen LogP contribution in [-0.4, -0.2) is 36.5 Å². The molecule has 2 N–H and O–H groups in total. The van der Waals surface area contributed by atoms with Crippen LogP contribution >= 0.6 is 0 Å². The van der Waals surface area contributed by atoms with E-state index in [0.717, 1.165) is 18.1 Å². The van der Waals surface area contributed by atoms with E-state index < -0.39 is 32.6 Å². The van der Waals surface area contributed by atoms with E-state index in [0.29, 0.717) is 0 Å². The highest BCUT2D eigenvalue weighted by Crippen LogP contribution is 2.16. The van der Waals surface area contributed by atoms with Gasteiger partial charge in [-0.25, -0.2) is 16.8 Å². The Balaban J connectivity index is 2.06. The fraction of sp³-hybridized carbons (Fsp3) is 0.118.